The second-order valence-corrected chi connectivity index (χ2v) is 8.17. The summed E-state index contributed by atoms with van der Waals surface area (Å²) in [6.45, 7) is 0.237. The van der Waals surface area contributed by atoms with E-state index in [2.05, 4.69) is 20.6 Å². The summed E-state index contributed by atoms with van der Waals surface area (Å²) in [5.41, 5.74) is 2.32. The lowest BCUT2D eigenvalue weighted by molar-refractivity contribution is -0.119. The highest BCUT2D eigenvalue weighted by atomic mass is 32.2. The van der Waals surface area contributed by atoms with Crippen LogP contribution in [0.5, 0.6) is 11.5 Å². The van der Waals surface area contributed by atoms with Crippen LogP contribution in [0.15, 0.2) is 35.5 Å². The van der Waals surface area contributed by atoms with Gasteiger partial charge in [-0.25, -0.2) is 0 Å². The Morgan fingerprint density at radius 3 is 2.86 bits per heavy atom. The van der Waals surface area contributed by atoms with Crippen molar-refractivity contribution in [1.82, 2.24) is 25.1 Å². The second-order valence-electron chi connectivity index (χ2n) is 7.23. The summed E-state index contributed by atoms with van der Waals surface area (Å²) in [5, 5.41) is 16.7. The third kappa shape index (κ3) is 3.87. The number of hydrogen-bond acceptors (Lipinski definition) is 7. The Bertz CT molecular complexity index is 1050. The topological polar surface area (TPSA) is 90.6 Å². The van der Waals surface area contributed by atoms with Crippen molar-refractivity contribution in [1.29, 1.82) is 0 Å². The SMILES string of the molecule is O=C(CSc1nnc2ccc(-c3ccc4c(c3)OCO4)nn12)NC1CCCCC1. The molecule has 1 N–H and O–H groups in total. The minimum absolute atomic E-state index is 0.0329. The molecule has 9 heteroatoms. The highest BCUT2D eigenvalue weighted by Crippen LogP contribution is 2.35. The fourth-order valence-corrected chi connectivity index (χ4v) is 4.41. The normalized spacial score (nSPS) is 16.3. The average molecular weight is 411 g/mol. The minimum atomic E-state index is 0.0329. The van der Waals surface area contributed by atoms with E-state index in [9.17, 15) is 4.79 Å². The number of nitrogens with zero attached hydrogens (tertiary/aromatic N) is 4. The van der Waals surface area contributed by atoms with Crippen LogP contribution >= 0.6 is 11.8 Å². The lowest BCUT2D eigenvalue weighted by Gasteiger charge is -2.22. The van der Waals surface area contributed by atoms with E-state index in [4.69, 9.17) is 9.47 Å². The zero-order chi connectivity index (χ0) is 19.6. The van der Waals surface area contributed by atoms with Crippen LogP contribution in [0.2, 0.25) is 0 Å². The number of rotatable bonds is 5. The van der Waals surface area contributed by atoms with Crippen LogP contribution < -0.4 is 14.8 Å². The van der Waals surface area contributed by atoms with Gasteiger partial charge in [0.1, 0.15) is 0 Å². The minimum Gasteiger partial charge on any atom is -0.454 e. The van der Waals surface area contributed by atoms with E-state index in [0.717, 1.165) is 29.8 Å². The van der Waals surface area contributed by atoms with Crippen LogP contribution in [0, 0.1) is 0 Å². The van der Waals surface area contributed by atoms with E-state index in [1.54, 1.807) is 4.52 Å². The zero-order valence-corrected chi connectivity index (χ0v) is 16.7. The molecule has 29 heavy (non-hydrogen) atoms. The van der Waals surface area contributed by atoms with Gasteiger partial charge in [-0.3, -0.25) is 4.79 Å². The number of aromatic nitrogens is 4. The highest BCUT2D eigenvalue weighted by molar-refractivity contribution is 7.99. The van der Waals surface area contributed by atoms with Gasteiger partial charge in [-0.2, -0.15) is 9.61 Å². The number of ether oxygens (including phenoxy) is 2. The molecule has 1 fully saturated rings. The van der Waals surface area contributed by atoms with Crippen molar-refractivity contribution in [2.45, 2.75) is 43.3 Å². The monoisotopic (exact) mass is 411 g/mol. The van der Waals surface area contributed by atoms with Gasteiger partial charge in [0.25, 0.3) is 0 Å². The molecule has 3 aromatic rings. The summed E-state index contributed by atoms with van der Waals surface area (Å²) in [7, 11) is 0. The van der Waals surface area contributed by atoms with Crippen molar-refractivity contribution in [3.8, 4) is 22.8 Å². The Kier molecular flexibility index (Phi) is 4.97. The van der Waals surface area contributed by atoms with Crippen LogP contribution in [-0.4, -0.2) is 44.3 Å². The van der Waals surface area contributed by atoms with Crippen molar-refractivity contribution >= 4 is 23.3 Å². The molecule has 2 aromatic heterocycles. The van der Waals surface area contributed by atoms with Gasteiger partial charge in [-0.05, 0) is 43.2 Å². The number of hydrogen-bond donors (Lipinski definition) is 1. The van der Waals surface area contributed by atoms with Crippen LogP contribution in [-0.2, 0) is 4.79 Å². The van der Waals surface area contributed by atoms with Crippen LogP contribution in [0.1, 0.15) is 32.1 Å². The number of thioether (sulfide) groups is 1. The predicted molar refractivity (Wildman–Crippen MR) is 108 cm³/mol. The van der Waals surface area contributed by atoms with Crippen molar-refractivity contribution in [3.63, 3.8) is 0 Å². The molecule has 3 heterocycles. The van der Waals surface area contributed by atoms with Gasteiger partial charge in [-0.1, -0.05) is 31.0 Å². The number of fused-ring (bicyclic) bond motifs is 2. The molecule has 5 rings (SSSR count). The average Bonchev–Trinajstić information content (AvgIpc) is 3.38. The summed E-state index contributed by atoms with van der Waals surface area (Å²) in [4.78, 5) is 12.3. The van der Waals surface area contributed by atoms with Crippen LogP contribution in [0.3, 0.4) is 0 Å². The number of amides is 1. The predicted octanol–water partition coefficient (Wildman–Crippen LogP) is 3.06. The molecule has 1 aliphatic carbocycles. The van der Waals surface area contributed by atoms with E-state index in [0.29, 0.717) is 28.3 Å². The Morgan fingerprint density at radius 1 is 1.10 bits per heavy atom. The Labute approximate surface area is 172 Å². The van der Waals surface area contributed by atoms with E-state index < -0.39 is 0 Å². The first kappa shape index (κ1) is 18.2. The summed E-state index contributed by atoms with van der Waals surface area (Å²) in [5.74, 6) is 1.78. The molecule has 1 saturated carbocycles. The standard InChI is InChI=1S/C20H21N5O3S/c26-19(21-14-4-2-1-3-5-14)11-29-20-23-22-18-9-7-15(24-25(18)20)13-6-8-16-17(10-13)28-12-27-16/h6-10,14H,1-5,11-12H2,(H,21,26). The van der Waals surface area contributed by atoms with Gasteiger partial charge >= 0.3 is 0 Å². The van der Waals surface area contributed by atoms with Gasteiger partial charge in [0, 0.05) is 11.6 Å². The molecular weight excluding hydrogens is 390 g/mol. The molecule has 0 saturated heterocycles. The lowest BCUT2D eigenvalue weighted by atomic mass is 9.95. The van der Waals surface area contributed by atoms with Crippen molar-refractivity contribution < 1.29 is 14.3 Å². The van der Waals surface area contributed by atoms with E-state index >= 15 is 0 Å². The highest BCUT2D eigenvalue weighted by Gasteiger charge is 2.18. The molecule has 150 valence electrons. The number of carbonyl (C=O) groups excluding carboxylic acids is 1. The second kappa shape index (κ2) is 7.90. The van der Waals surface area contributed by atoms with Crippen molar-refractivity contribution in [3.05, 3.63) is 30.3 Å². The maximum absolute atomic E-state index is 12.3. The lowest BCUT2D eigenvalue weighted by Crippen LogP contribution is -2.37. The van der Waals surface area contributed by atoms with E-state index in [-0.39, 0.29) is 12.7 Å². The van der Waals surface area contributed by atoms with Gasteiger partial charge in [0.05, 0.1) is 11.4 Å². The molecule has 8 nitrogen and oxygen atoms in total. The Hall–Kier alpha value is -2.81. The van der Waals surface area contributed by atoms with Gasteiger partial charge in [0.2, 0.25) is 17.9 Å². The molecular formula is C20H21N5O3S. The number of carbonyl (C=O) groups is 1. The van der Waals surface area contributed by atoms with E-state index in [1.165, 1.54) is 31.0 Å². The summed E-state index contributed by atoms with van der Waals surface area (Å²) in [6, 6.07) is 9.79. The van der Waals surface area contributed by atoms with E-state index in [1.807, 2.05) is 30.3 Å². The first-order chi connectivity index (χ1) is 14.3. The molecule has 0 unspecified atom stereocenters. The zero-order valence-electron chi connectivity index (χ0n) is 15.8. The Balaban J connectivity index is 1.31. The van der Waals surface area contributed by atoms with Crippen molar-refractivity contribution in [2.75, 3.05) is 12.5 Å². The van der Waals surface area contributed by atoms with Gasteiger partial charge in [0.15, 0.2) is 17.1 Å². The first-order valence-corrected chi connectivity index (χ1v) is 10.8. The van der Waals surface area contributed by atoms with Gasteiger partial charge in [-0.15, -0.1) is 10.2 Å². The molecule has 1 aromatic carbocycles. The molecule has 0 spiro atoms. The molecule has 0 radical (unpaired) electrons. The molecule has 1 amide bonds. The molecule has 2 aliphatic rings. The third-order valence-electron chi connectivity index (χ3n) is 5.21. The number of benzene rings is 1. The van der Waals surface area contributed by atoms with Crippen LogP contribution in [0.4, 0.5) is 0 Å². The number of nitrogens with one attached hydrogen (secondary N) is 1. The fourth-order valence-electron chi connectivity index (χ4n) is 3.72. The fraction of sp³-hybridized carbons (Fsp3) is 0.400. The molecule has 0 bridgehead atoms. The van der Waals surface area contributed by atoms with Crippen molar-refractivity contribution in [2.24, 2.45) is 0 Å². The molecule has 1 aliphatic heterocycles. The van der Waals surface area contributed by atoms with Gasteiger partial charge < -0.3 is 14.8 Å². The van der Waals surface area contributed by atoms with Crippen LogP contribution in [0.25, 0.3) is 16.9 Å². The quantitative estimate of drug-likeness (QED) is 0.645. The maximum atomic E-state index is 12.3. The summed E-state index contributed by atoms with van der Waals surface area (Å²) in [6.07, 6.45) is 5.80. The summed E-state index contributed by atoms with van der Waals surface area (Å²) < 4.78 is 12.5. The summed E-state index contributed by atoms with van der Waals surface area (Å²) >= 11 is 1.35. The Morgan fingerprint density at radius 2 is 1.97 bits per heavy atom. The first-order valence-electron chi connectivity index (χ1n) is 9.81. The maximum Gasteiger partial charge on any atom is 0.231 e. The molecule has 0 atom stereocenters. The smallest absolute Gasteiger partial charge is 0.231 e. The third-order valence-corrected chi connectivity index (χ3v) is 6.12. The largest absolute Gasteiger partial charge is 0.454 e.